The van der Waals surface area contributed by atoms with E-state index in [1.807, 2.05) is 42.5 Å². The minimum atomic E-state index is -1.56. The molecule has 250 valence electrons. The Morgan fingerprint density at radius 1 is 0.826 bits per heavy atom. The van der Waals surface area contributed by atoms with Gasteiger partial charge in [-0.05, 0) is 61.1 Å². The van der Waals surface area contributed by atoms with E-state index in [4.69, 9.17) is 14.2 Å². The molecule has 14 heteroatoms. The van der Waals surface area contributed by atoms with Crippen LogP contribution in [0.1, 0.15) is 37.5 Å². The molecule has 1 aliphatic carbocycles. The van der Waals surface area contributed by atoms with Gasteiger partial charge in [-0.2, -0.15) is 0 Å². The van der Waals surface area contributed by atoms with E-state index in [-0.39, 0.29) is 13.2 Å². The number of aliphatic carboxylic acids is 1. The molecular formula is C32H44N4O9Si. The molecule has 46 heavy (non-hydrogen) atoms. The number of carboxylic acid groups (broad SMARTS) is 1. The van der Waals surface area contributed by atoms with Gasteiger partial charge < -0.3 is 40.6 Å². The Bertz CT molecular complexity index is 1440. The maximum atomic E-state index is 13.2. The van der Waals surface area contributed by atoms with Crippen molar-refractivity contribution in [3.63, 3.8) is 0 Å². The van der Waals surface area contributed by atoms with E-state index in [9.17, 15) is 29.1 Å². The second kappa shape index (κ2) is 15.6. The van der Waals surface area contributed by atoms with Crippen LogP contribution in [0.4, 0.5) is 14.4 Å². The summed E-state index contributed by atoms with van der Waals surface area (Å²) in [6.07, 6.45) is -1.94. The molecule has 2 aromatic carbocycles. The van der Waals surface area contributed by atoms with Gasteiger partial charge in [-0.1, -0.05) is 62.1 Å². The molecule has 4 amide bonds. The van der Waals surface area contributed by atoms with E-state index in [2.05, 4.69) is 40.9 Å². The Morgan fingerprint density at radius 3 is 2.15 bits per heavy atom. The first kappa shape index (κ1) is 35.9. The number of hydrogen-bond acceptors (Lipinski definition) is 8. The van der Waals surface area contributed by atoms with Crippen LogP contribution in [0.15, 0.2) is 42.5 Å². The van der Waals surface area contributed by atoms with Crippen LogP contribution >= 0.6 is 0 Å². The number of hydrogen-bond donors (Lipinski definition) is 5. The van der Waals surface area contributed by atoms with Crippen LogP contribution in [-0.2, 0) is 36.8 Å². The monoisotopic (exact) mass is 656 g/mol. The molecule has 0 aliphatic heterocycles. The summed E-state index contributed by atoms with van der Waals surface area (Å²) in [5.74, 6) is -2.37. The minimum Gasteiger partial charge on any atom is -0.480 e. The normalized spacial score (nSPS) is 13.3. The summed E-state index contributed by atoms with van der Waals surface area (Å²) >= 11 is 0. The van der Waals surface area contributed by atoms with Gasteiger partial charge in [0, 0.05) is 8.07 Å². The van der Waals surface area contributed by atoms with Crippen LogP contribution in [0, 0.1) is 0 Å². The minimum absolute atomic E-state index is 0.0850. The number of carbonyl (C=O) groups excluding carboxylic acids is 4. The first-order chi connectivity index (χ1) is 21.5. The average Bonchev–Trinajstić information content (AvgIpc) is 3.33. The van der Waals surface area contributed by atoms with E-state index >= 15 is 0 Å². The molecule has 2 aromatic rings. The van der Waals surface area contributed by atoms with Crippen LogP contribution in [0.3, 0.4) is 0 Å². The third-order valence-corrected chi connectivity index (χ3v) is 8.62. The Kier molecular flexibility index (Phi) is 12.2. The van der Waals surface area contributed by atoms with Crippen LogP contribution in [0.25, 0.3) is 11.1 Å². The van der Waals surface area contributed by atoms with Crippen molar-refractivity contribution in [3.8, 4) is 11.1 Å². The van der Waals surface area contributed by atoms with Gasteiger partial charge in [-0.15, -0.1) is 0 Å². The van der Waals surface area contributed by atoms with Crippen molar-refractivity contribution in [2.75, 3.05) is 19.7 Å². The Hall–Kier alpha value is -4.59. The summed E-state index contributed by atoms with van der Waals surface area (Å²) < 4.78 is 15.8. The molecule has 2 atom stereocenters. The highest BCUT2D eigenvalue weighted by Gasteiger charge is 2.29. The summed E-state index contributed by atoms with van der Waals surface area (Å²) in [5, 5.41) is 19.1. The summed E-state index contributed by atoms with van der Waals surface area (Å²) in [5.41, 5.74) is 4.36. The van der Waals surface area contributed by atoms with Crippen molar-refractivity contribution in [2.24, 2.45) is 0 Å². The van der Waals surface area contributed by atoms with Crippen molar-refractivity contribution in [1.29, 1.82) is 0 Å². The topological polar surface area (TPSA) is 181 Å². The second-order valence-corrected chi connectivity index (χ2v) is 18.8. The van der Waals surface area contributed by atoms with Gasteiger partial charge in [0.15, 0.2) is 0 Å². The number of ether oxygens (including phenoxy) is 3. The van der Waals surface area contributed by atoms with Gasteiger partial charge in [-0.3, -0.25) is 4.79 Å². The van der Waals surface area contributed by atoms with Gasteiger partial charge >= 0.3 is 24.2 Å². The largest absolute Gasteiger partial charge is 0.480 e. The fourth-order valence-corrected chi connectivity index (χ4v) is 5.27. The molecule has 0 fully saturated rings. The highest BCUT2D eigenvalue weighted by atomic mass is 28.3. The number of rotatable bonds is 13. The standard InChI is InChI=1S/C32H44N4O9Si/c1-32(2,3)45-30(41)34-17-25(27(37)35-26(28(38)39)18-33-29(40)43-14-15-46(4,5)6)36-31(42)44-19-21-11-9-13-23-22-12-8-7-10-20(22)16-24(21)23/h7-13,25-26H,14-19H2,1-6H3,(H,33,40)(H,34,41)(H,35,37)(H,36,42)(H,38,39). The fourth-order valence-electron chi connectivity index (χ4n) is 4.55. The number of benzene rings is 2. The molecule has 0 radical (unpaired) electrons. The van der Waals surface area contributed by atoms with Crippen LogP contribution < -0.4 is 21.3 Å². The molecule has 0 saturated carbocycles. The van der Waals surface area contributed by atoms with Crippen molar-refractivity contribution in [2.45, 2.75) is 77.2 Å². The number of nitrogens with one attached hydrogen (secondary N) is 4. The lowest BCUT2D eigenvalue weighted by Crippen LogP contribution is -2.57. The number of alkyl carbamates (subject to hydrolysis) is 3. The lowest BCUT2D eigenvalue weighted by molar-refractivity contribution is -0.141. The van der Waals surface area contributed by atoms with E-state index < -0.39 is 69.0 Å². The third kappa shape index (κ3) is 11.4. The van der Waals surface area contributed by atoms with E-state index in [1.54, 1.807) is 20.8 Å². The molecule has 13 nitrogen and oxygen atoms in total. The summed E-state index contributed by atoms with van der Waals surface area (Å²) in [6.45, 7) is 10.5. The molecular weight excluding hydrogens is 612 g/mol. The molecule has 5 N–H and O–H groups in total. The number of fused-ring (bicyclic) bond motifs is 3. The van der Waals surface area contributed by atoms with Gasteiger partial charge in [0.05, 0.1) is 19.7 Å². The Morgan fingerprint density at radius 2 is 1.48 bits per heavy atom. The maximum absolute atomic E-state index is 13.2. The number of amides is 4. The zero-order valence-corrected chi connectivity index (χ0v) is 28.2. The zero-order valence-electron chi connectivity index (χ0n) is 27.2. The molecule has 0 aromatic heterocycles. The van der Waals surface area contributed by atoms with E-state index in [0.29, 0.717) is 6.42 Å². The van der Waals surface area contributed by atoms with Gasteiger partial charge in [0.1, 0.15) is 24.3 Å². The number of carboxylic acids is 1. The van der Waals surface area contributed by atoms with Crippen LogP contribution in [-0.4, -0.2) is 80.7 Å². The van der Waals surface area contributed by atoms with Crippen molar-refractivity contribution in [1.82, 2.24) is 21.3 Å². The van der Waals surface area contributed by atoms with Gasteiger partial charge in [0.25, 0.3) is 0 Å². The molecule has 0 bridgehead atoms. The second-order valence-electron chi connectivity index (χ2n) is 13.2. The third-order valence-electron chi connectivity index (χ3n) is 6.91. The van der Waals surface area contributed by atoms with E-state index in [0.717, 1.165) is 28.3 Å². The highest BCUT2D eigenvalue weighted by molar-refractivity contribution is 6.76. The van der Waals surface area contributed by atoms with Crippen LogP contribution in [0.2, 0.25) is 25.7 Å². The SMILES string of the molecule is CC(C)(C)OC(=O)NCC(NC(=O)OCc1cccc2c1Cc1ccccc1-2)C(=O)NC(CNC(=O)OCC[Si](C)(C)C)C(=O)O. The Balaban J connectivity index is 1.63. The van der Waals surface area contributed by atoms with Crippen LogP contribution in [0.5, 0.6) is 0 Å². The highest BCUT2D eigenvalue weighted by Crippen LogP contribution is 2.38. The fraction of sp³-hybridized carbons (Fsp3) is 0.469. The van der Waals surface area contributed by atoms with Gasteiger partial charge in [0.2, 0.25) is 5.91 Å². The predicted octanol–water partition coefficient (Wildman–Crippen LogP) is 4.01. The van der Waals surface area contributed by atoms with Crippen molar-refractivity contribution < 1.29 is 43.3 Å². The first-order valence-corrected chi connectivity index (χ1v) is 18.8. The van der Waals surface area contributed by atoms with Crippen molar-refractivity contribution >= 4 is 38.2 Å². The zero-order chi connectivity index (χ0) is 34.1. The summed E-state index contributed by atoms with van der Waals surface area (Å²) in [6, 6.07) is 11.5. The quantitative estimate of drug-likeness (QED) is 0.134. The predicted molar refractivity (Wildman–Crippen MR) is 173 cm³/mol. The summed E-state index contributed by atoms with van der Waals surface area (Å²) in [7, 11) is -1.45. The van der Waals surface area contributed by atoms with E-state index in [1.165, 1.54) is 5.56 Å². The molecule has 0 saturated heterocycles. The smallest absolute Gasteiger partial charge is 0.408 e. The Labute approximate surface area is 269 Å². The molecule has 2 unspecified atom stereocenters. The maximum Gasteiger partial charge on any atom is 0.408 e. The van der Waals surface area contributed by atoms with Crippen molar-refractivity contribution in [3.05, 3.63) is 59.2 Å². The molecule has 3 rings (SSSR count). The molecule has 0 spiro atoms. The molecule has 1 aliphatic rings. The number of carbonyl (C=O) groups is 5. The lowest BCUT2D eigenvalue weighted by Gasteiger charge is -2.23. The summed E-state index contributed by atoms with van der Waals surface area (Å²) in [4.78, 5) is 62.3. The molecule has 0 heterocycles. The average molecular weight is 657 g/mol. The lowest BCUT2D eigenvalue weighted by atomic mass is 10.0. The van der Waals surface area contributed by atoms with Gasteiger partial charge in [-0.25, -0.2) is 19.2 Å². The first-order valence-electron chi connectivity index (χ1n) is 15.1.